The highest BCUT2D eigenvalue weighted by atomic mass is 16.5. The fourth-order valence-corrected chi connectivity index (χ4v) is 3.05. The summed E-state index contributed by atoms with van der Waals surface area (Å²) >= 11 is 0. The minimum atomic E-state index is 0.665. The third-order valence-corrected chi connectivity index (χ3v) is 4.51. The Bertz CT molecular complexity index is 1120. The maximum Gasteiger partial charge on any atom is 0.161 e. The molecule has 0 spiro atoms. The molecule has 0 fully saturated rings. The minimum Gasteiger partial charge on any atom is -0.493 e. The van der Waals surface area contributed by atoms with Gasteiger partial charge in [-0.25, -0.2) is 9.67 Å². The predicted molar refractivity (Wildman–Crippen MR) is 116 cm³/mol. The van der Waals surface area contributed by atoms with E-state index >= 15 is 0 Å². The zero-order valence-electron chi connectivity index (χ0n) is 16.3. The summed E-state index contributed by atoms with van der Waals surface area (Å²) in [6.07, 6.45) is 1.80. The van der Waals surface area contributed by atoms with Gasteiger partial charge < -0.3 is 9.47 Å². The van der Waals surface area contributed by atoms with Gasteiger partial charge in [0.1, 0.15) is 0 Å². The summed E-state index contributed by atoms with van der Waals surface area (Å²) in [5, 5.41) is 4.78. The SMILES string of the molecule is COc1ccc(C=Nc2cc(-c3ccccc3)nn2-c2ccccc2)cc1OC. The van der Waals surface area contributed by atoms with Gasteiger partial charge in [-0.2, -0.15) is 5.10 Å². The van der Waals surface area contributed by atoms with Gasteiger partial charge in [-0.3, -0.25) is 0 Å². The van der Waals surface area contributed by atoms with Gasteiger partial charge in [0.05, 0.1) is 25.6 Å². The molecule has 0 radical (unpaired) electrons. The number of aromatic nitrogens is 2. The molecular formula is C24H21N3O2. The zero-order chi connectivity index (χ0) is 20.1. The first-order chi connectivity index (χ1) is 14.3. The Morgan fingerprint density at radius 3 is 2.17 bits per heavy atom. The fraction of sp³-hybridized carbons (Fsp3) is 0.0833. The molecule has 0 bridgehead atoms. The molecule has 0 saturated heterocycles. The van der Waals surface area contributed by atoms with Crippen LogP contribution in [0, 0.1) is 0 Å². The molecule has 0 atom stereocenters. The van der Waals surface area contributed by atoms with Gasteiger partial charge in [-0.1, -0.05) is 48.5 Å². The number of rotatable bonds is 6. The molecule has 0 aliphatic rings. The Morgan fingerprint density at radius 1 is 0.793 bits per heavy atom. The maximum atomic E-state index is 5.38. The van der Waals surface area contributed by atoms with E-state index in [9.17, 15) is 0 Å². The summed E-state index contributed by atoms with van der Waals surface area (Å²) in [6, 6.07) is 27.7. The molecule has 29 heavy (non-hydrogen) atoms. The maximum absolute atomic E-state index is 5.38. The number of ether oxygens (including phenoxy) is 2. The molecule has 5 nitrogen and oxygen atoms in total. The van der Waals surface area contributed by atoms with Crippen LogP contribution in [0.4, 0.5) is 5.82 Å². The number of methoxy groups -OCH3 is 2. The van der Waals surface area contributed by atoms with Crippen molar-refractivity contribution in [3.05, 3.63) is 90.5 Å². The average Bonchev–Trinajstić information content (AvgIpc) is 3.23. The number of hydrogen-bond donors (Lipinski definition) is 0. The van der Waals surface area contributed by atoms with Crippen molar-refractivity contribution >= 4 is 12.0 Å². The molecule has 4 rings (SSSR count). The first-order valence-corrected chi connectivity index (χ1v) is 9.25. The molecule has 1 heterocycles. The lowest BCUT2D eigenvalue weighted by molar-refractivity contribution is 0.355. The summed E-state index contributed by atoms with van der Waals surface area (Å²) < 4.78 is 12.5. The smallest absolute Gasteiger partial charge is 0.161 e. The van der Waals surface area contributed by atoms with Gasteiger partial charge in [0.2, 0.25) is 0 Å². The van der Waals surface area contributed by atoms with Crippen LogP contribution in [0.5, 0.6) is 11.5 Å². The number of hydrogen-bond acceptors (Lipinski definition) is 4. The van der Waals surface area contributed by atoms with Crippen molar-refractivity contribution in [1.29, 1.82) is 0 Å². The number of aliphatic imine (C=N–C) groups is 1. The van der Waals surface area contributed by atoms with Crippen LogP contribution in [0.3, 0.4) is 0 Å². The molecule has 0 saturated carbocycles. The number of para-hydroxylation sites is 1. The Balaban J connectivity index is 1.74. The third-order valence-electron chi connectivity index (χ3n) is 4.51. The molecule has 0 aliphatic heterocycles. The van der Waals surface area contributed by atoms with Crippen molar-refractivity contribution in [3.63, 3.8) is 0 Å². The van der Waals surface area contributed by atoms with Gasteiger partial charge >= 0.3 is 0 Å². The lowest BCUT2D eigenvalue weighted by atomic mass is 10.1. The van der Waals surface area contributed by atoms with Crippen LogP contribution in [0.25, 0.3) is 16.9 Å². The molecular weight excluding hydrogens is 362 g/mol. The van der Waals surface area contributed by atoms with E-state index in [1.807, 2.05) is 89.6 Å². The minimum absolute atomic E-state index is 0.665. The highest BCUT2D eigenvalue weighted by Gasteiger charge is 2.10. The van der Waals surface area contributed by atoms with Gasteiger partial charge in [0.15, 0.2) is 17.3 Å². The normalized spacial score (nSPS) is 11.0. The largest absolute Gasteiger partial charge is 0.493 e. The topological polar surface area (TPSA) is 48.6 Å². The monoisotopic (exact) mass is 383 g/mol. The Labute approximate surface area is 169 Å². The van der Waals surface area contributed by atoms with E-state index in [-0.39, 0.29) is 0 Å². The van der Waals surface area contributed by atoms with Crippen molar-refractivity contribution in [3.8, 4) is 28.4 Å². The highest BCUT2D eigenvalue weighted by Crippen LogP contribution is 2.29. The van der Waals surface area contributed by atoms with E-state index in [2.05, 4.69) is 0 Å². The van der Waals surface area contributed by atoms with Crippen LogP contribution in [-0.4, -0.2) is 30.2 Å². The van der Waals surface area contributed by atoms with E-state index in [0.29, 0.717) is 11.5 Å². The van der Waals surface area contributed by atoms with Crippen molar-refractivity contribution < 1.29 is 9.47 Å². The summed E-state index contributed by atoms with van der Waals surface area (Å²) in [5.74, 6) is 2.09. The average molecular weight is 383 g/mol. The zero-order valence-corrected chi connectivity index (χ0v) is 16.3. The molecule has 3 aromatic carbocycles. The second-order valence-electron chi connectivity index (χ2n) is 6.37. The first-order valence-electron chi connectivity index (χ1n) is 9.25. The van der Waals surface area contributed by atoms with E-state index in [1.54, 1.807) is 20.4 Å². The number of benzene rings is 3. The molecule has 1 aromatic heterocycles. The molecule has 144 valence electrons. The lowest BCUT2D eigenvalue weighted by Crippen LogP contribution is -1.96. The summed E-state index contributed by atoms with van der Waals surface area (Å²) in [6.45, 7) is 0. The Hall–Kier alpha value is -3.86. The molecule has 0 unspecified atom stereocenters. The second kappa shape index (κ2) is 8.44. The second-order valence-corrected chi connectivity index (χ2v) is 6.37. The predicted octanol–water partition coefficient (Wildman–Crippen LogP) is 5.31. The lowest BCUT2D eigenvalue weighted by Gasteiger charge is -2.07. The van der Waals surface area contributed by atoms with E-state index in [4.69, 9.17) is 19.6 Å². The standard InChI is InChI=1S/C24H21N3O2/c1-28-22-14-13-18(15-23(22)29-2)17-25-24-16-21(19-9-5-3-6-10-19)26-27(24)20-11-7-4-8-12-20/h3-17H,1-2H3. The first kappa shape index (κ1) is 18.5. The quantitative estimate of drug-likeness (QED) is 0.424. The van der Waals surface area contributed by atoms with Crippen molar-refractivity contribution in [1.82, 2.24) is 9.78 Å². The molecule has 4 aromatic rings. The van der Waals surface area contributed by atoms with Crippen molar-refractivity contribution in [2.24, 2.45) is 4.99 Å². The Kier molecular flexibility index (Phi) is 5.38. The summed E-state index contributed by atoms with van der Waals surface area (Å²) in [5.41, 5.74) is 3.78. The van der Waals surface area contributed by atoms with E-state index in [0.717, 1.165) is 28.3 Å². The van der Waals surface area contributed by atoms with Crippen molar-refractivity contribution in [2.45, 2.75) is 0 Å². The van der Waals surface area contributed by atoms with Gasteiger partial charge in [-0.15, -0.1) is 0 Å². The number of nitrogens with zero attached hydrogens (tertiary/aromatic N) is 3. The molecule has 5 heteroatoms. The van der Waals surface area contributed by atoms with Crippen LogP contribution in [0.1, 0.15) is 5.56 Å². The molecule has 0 aliphatic carbocycles. The van der Waals surface area contributed by atoms with Crippen LogP contribution in [0.2, 0.25) is 0 Å². The summed E-state index contributed by atoms with van der Waals surface area (Å²) in [7, 11) is 3.24. The highest BCUT2D eigenvalue weighted by molar-refractivity contribution is 5.83. The third kappa shape index (κ3) is 4.04. The van der Waals surface area contributed by atoms with E-state index < -0.39 is 0 Å². The van der Waals surface area contributed by atoms with E-state index in [1.165, 1.54) is 0 Å². The van der Waals surface area contributed by atoms with Crippen molar-refractivity contribution in [2.75, 3.05) is 14.2 Å². The van der Waals surface area contributed by atoms with Crippen LogP contribution < -0.4 is 9.47 Å². The summed E-state index contributed by atoms with van der Waals surface area (Å²) in [4.78, 5) is 4.71. The molecule has 0 amide bonds. The van der Waals surface area contributed by atoms with Gasteiger partial charge in [0, 0.05) is 17.8 Å². The van der Waals surface area contributed by atoms with Crippen LogP contribution in [0.15, 0.2) is 89.9 Å². The van der Waals surface area contributed by atoms with Crippen LogP contribution >= 0.6 is 0 Å². The molecule has 0 N–H and O–H groups in total. The Morgan fingerprint density at radius 2 is 1.48 bits per heavy atom. The fourth-order valence-electron chi connectivity index (χ4n) is 3.05. The van der Waals surface area contributed by atoms with Gasteiger partial charge in [-0.05, 0) is 35.9 Å². The van der Waals surface area contributed by atoms with Crippen LogP contribution in [-0.2, 0) is 0 Å². The van der Waals surface area contributed by atoms with Gasteiger partial charge in [0.25, 0.3) is 0 Å².